The quantitative estimate of drug-likeness (QED) is 0.565. The van der Waals surface area contributed by atoms with E-state index < -0.39 is 0 Å². The lowest BCUT2D eigenvalue weighted by Crippen LogP contribution is -2.44. The van der Waals surface area contributed by atoms with Crippen LogP contribution in [0.4, 0.5) is 0 Å². The number of hydrogen-bond donors (Lipinski definition) is 2. The fourth-order valence-electron chi connectivity index (χ4n) is 3.75. The Morgan fingerprint density at radius 3 is 2.66 bits per heavy atom. The highest BCUT2D eigenvalue weighted by Gasteiger charge is 2.42. The van der Waals surface area contributed by atoms with E-state index >= 15 is 0 Å². The summed E-state index contributed by atoms with van der Waals surface area (Å²) in [6.07, 6.45) is 5.52. The van der Waals surface area contributed by atoms with E-state index in [0.717, 1.165) is 31.2 Å². The summed E-state index contributed by atoms with van der Waals surface area (Å²) >= 11 is 0. The van der Waals surface area contributed by atoms with Gasteiger partial charge < -0.3 is 25.0 Å². The predicted octanol–water partition coefficient (Wildman–Crippen LogP) is 2.45. The lowest BCUT2D eigenvalue weighted by molar-refractivity contribution is -0.186. The van der Waals surface area contributed by atoms with Gasteiger partial charge in [-0.15, -0.1) is 0 Å². The molecule has 1 amide bonds. The first kappa shape index (κ1) is 21.6. The van der Waals surface area contributed by atoms with Gasteiger partial charge in [0.05, 0.1) is 12.6 Å². The zero-order valence-electron chi connectivity index (χ0n) is 17.8. The number of nitrogens with one attached hydrogen (secondary N) is 2. The third-order valence-corrected chi connectivity index (χ3v) is 5.55. The maximum atomic E-state index is 12.0. The van der Waals surface area contributed by atoms with Crippen LogP contribution in [0.25, 0.3) is 0 Å². The molecule has 29 heavy (non-hydrogen) atoms. The molecule has 160 valence electrons. The van der Waals surface area contributed by atoms with Gasteiger partial charge in [0.1, 0.15) is 12.6 Å². The van der Waals surface area contributed by atoms with Crippen molar-refractivity contribution in [1.29, 1.82) is 0 Å². The lowest BCUT2D eigenvalue weighted by atomic mass is 9.94. The number of hydrogen-bond acceptors (Lipinski definition) is 4. The van der Waals surface area contributed by atoms with Crippen LogP contribution < -0.4 is 10.6 Å². The highest BCUT2D eigenvalue weighted by molar-refractivity contribution is 5.85. The Hall–Kier alpha value is -2.12. The van der Waals surface area contributed by atoms with Crippen LogP contribution >= 0.6 is 0 Å². The topological polar surface area (TPSA) is 75.2 Å². The highest BCUT2D eigenvalue weighted by atomic mass is 16.7. The Morgan fingerprint density at radius 1 is 1.24 bits per heavy atom. The average molecular weight is 403 g/mol. The molecule has 3 rings (SSSR count). The van der Waals surface area contributed by atoms with Crippen molar-refractivity contribution in [2.45, 2.75) is 57.0 Å². The van der Waals surface area contributed by atoms with Crippen LogP contribution in [0.15, 0.2) is 35.3 Å². The SMILES string of the molecule is CC(NC(=NCC(=O)N(C)C)NCC1COC2(CCCCC2)O1)c1ccccc1. The van der Waals surface area contributed by atoms with Gasteiger partial charge in [0.25, 0.3) is 0 Å². The van der Waals surface area contributed by atoms with Crippen molar-refractivity contribution >= 4 is 11.9 Å². The van der Waals surface area contributed by atoms with Gasteiger partial charge in [0, 0.05) is 33.5 Å². The molecular weight excluding hydrogens is 368 g/mol. The zero-order chi connectivity index (χ0) is 20.7. The molecule has 2 unspecified atom stereocenters. The van der Waals surface area contributed by atoms with Crippen molar-refractivity contribution < 1.29 is 14.3 Å². The number of guanidine groups is 1. The number of benzene rings is 1. The van der Waals surface area contributed by atoms with Gasteiger partial charge in [-0.3, -0.25) is 4.79 Å². The van der Waals surface area contributed by atoms with Crippen LogP contribution in [0.1, 0.15) is 50.6 Å². The first-order valence-electron chi connectivity index (χ1n) is 10.6. The van der Waals surface area contributed by atoms with Gasteiger partial charge in [-0.2, -0.15) is 0 Å². The molecular formula is C22H34N4O3. The lowest BCUT2D eigenvalue weighted by Gasteiger charge is -2.31. The van der Waals surface area contributed by atoms with E-state index in [2.05, 4.69) is 34.7 Å². The van der Waals surface area contributed by atoms with Crippen LogP contribution in [0, 0.1) is 0 Å². The minimum Gasteiger partial charge on any atom is -0.354 e. The Morgan fingerprint density at radius 2 is 1.97 bits per heavy atom. The van der Waals surface area contributed by atoms with Gasteiger partial charge in [-0.25, -0.2) is 4.99 Å². The fraction of sp³-hybridized carbons (Fsp3) is 0.636. The molecule has 1 aliphatic carbocycles. The Labute approximate surface area is 173 Å². The number of nitrogens with zero attached hydrogens (tertiary/aromatic N) is 2. The van der Waals surface area contributed by atoms with Crippen molar-refractivity contribution in [1.82, 2.24) is 15.5 Å². The summed E-state index contributed by atoms with van der Waals surface area (Å²) in [5.74, 6) is 0.179. The number of amides is 1. The second kappa shape index (κ2) is 10.1. The standard InChI is InChI=1S/C22H34N4O3/c1-17(18-10-6-4-7-11-18)25-21(24-15-20(27)26(2)3)23-14-19-16-28-22(29-19)12-8-5-9-13-22/h4,6-7,10-11,17,19H,5,8-9,12-16H2,1-3H3,(H2,23,24,25). The summed E-state index contributed by atoms with van der Waals surface area (Å²) in [7, 11) is 3.47. The van der Waals surface area contributed by atoms with E-state index in [-0.39, 0.29) is 30.4 Å². The van der Waals surface area contributed by atoms with Crippen LogP contribution in [0.2, 0.25) is 0 Å². The smallest absolute Gasteiger partial charge is 0.243 e. The molecule has 2 atom stereocenters. The van der Waals surface area contributed by atoms with Crippen LogP contribution in [0.5, 0.6) is 0 Å². The summed E-state index contributed by atoms with van der Waals surface area (Å²) in [6.45, 7) is 3.35. The normalized spacial score (nSPS) is 22.3. The number of likely N-dealkylation sites (N-methyl/N-ethyl adjacent to an activating group) is 1. The van der Waals surface area contributed by atoms with Crippen LogP contribution in [-0.2, 0) is 14.3 Å². The molecule has 1 aliphatic heterocycles. The summed E-state index contributed by atoms with van der Waals surface area (Å²) < 4.78 is 12.3. The van der Waals surface area contributed by atoms with Gasteiger partial charge in [-0.1, -0.05) is 36.8 Å². The molecule has 2 fully saturated rings. The minimum atomic E-state index is -0.381. The Bertz CT molecular complexity index is 687. The van der Waals surface area contributed by atoms with Gasteiger partial charge in [0.2, 0.25) is 5.91 Å². The molecule has 7 heteroatoms. The largest absolute Gasteiger partial charge is 0.354 e. The van der Waals surface area contributed by atoms with Gasteiger partial charge in [0.15, 0.2) is 11.7 Å². The van der Waals surface area contributed by atoms with Crippen molar-refractivity contribution in [3.05, 3.63) is 35.9 Å². The van der Waals surface area contributed by atoms with Crippen molar-refractivity contribution in [2.24, 2.45) is 4.99 Å². The maximum absolute atomic E-state index is 12.0. The number of rotatable bonds is 6. The Balaban J connectivity index is 1.59. The van der Waals surface area contributed by atoms with Gasteiger partial charge >= 0.3 is 0 Å². The Kier molecular flexibility index (Phi) is 7.50. The fourth-order valence-corrected chi connectivity index (χ4v) is 3.75. The third kappa shape index (κ3) is 6.18. The molecule has 0 radical (unpaired) electrons. The van der Waals surface area contributed by atoms with Crippen LogP contribution in [-0.4, -0.2) is 62.4 Å². The molecule has 1 heterocycles. The predicted molar refractivity (Wildman–Crippen MR) is 114 cm³/mol. The highest BCUT2D eigenvalue weighted by Crippen LogP contribution is 2.37. The van der Waals surface area contributed by atoms with E-state index in [4.69, 9.17) is 9.47 Å². The molecule has 1 saturated carbocycles. The first-order valence-corrected chi connectivity index (χ1v) is 10.6. The molecule has 0 bridgehead atoms. The second-order valence-corrected chi connectivity index (χ2v) is 8.13. The second-order valence-electron chi connectivity index (χ2n) is 8.13. The van der Waals surface area contributed by atoms with E-state index in [1.807, 2.05) is 18.2 Å². The van der Waals surface area contributed by atoms with Crippen LogP contribution in [0.3, 0.4) is 0 Å². The first-order chi connectivity index (χ1) is 14.0. The summed E-state index contributed by atoms with van der Waals surface area (Å²) in [6, 6.07) is 10.2. The number of ether oxygens (including phenoxy) is 2. The van der Waals surface area contributed by atoms with Crippen molar-refractivity contribution in [3.63, 3.8) is 0 Å². The number of carbonyl (C=O) groups is 1. The molecule has 7 nitrogen and oxygen atoms in total. The van der Waals surface area contributed by atoms with Crippen molar-refractivity contribution in [3.8, 4) is 0 Å². The summed E-state index contributed by atoms with van der Waals surface area (Å²) in [5.41, 5.74) is 1.16. The third-order valence-electron chi connectivity index (χ3n) is 5.55. The molecule has 2 N–H and O–H groups in total. The minimum absolute atomic E-state index is 0.0170. The molecule has 1 spiro atoms. The molecule has 1 aromatic rings. The monoisotopic (exact) mass is 402 g/mol. The van der Waals surface area contributed by atoms with E-state index in [0.29, 0.717) is 19.1 Å². The van der Waals surface area contributed by atoms with Crippen molar-refractivity contribution in [2.75, 3.05) is 33.8 Å². The summed E-state index contributed by atoms with van der Waals surface area (Å²) in [5, 5.41) is 6.74. The van der Waals surface area contributed by atoms with E-state index in [9.17, 15) is 4.79 Å². The number of carbonyl (C=O) groups excluding carboxylic acids is 1. The molecule has 0 aromatic heterocycles. The molecule has 1 aromatic carbocycles. The average Bonchev–Trinajstić information content (AvgIpc) is 3.12. The van der Waals surface area contributed by atoms with E-state index in [1.165, 1.54) is 6.42 Å². The summed E-state index contributed by atoms with van der Waals surface area (Å²) in [4.78, 5) is 18.0. The zero-order valence-corrected chi connectivity index (χ0v) is 17.8. The molecule has 2 aliphatic rings. The maximum Gasteiger partial charge on any atom is 0.243 e. The molecule has 1 saturated heterocycles. The van der Waals surface area contributed by atoms with E-state index in [1.54, 1.807) is 19.0 Å². The number of aliphatic imine (C=N–C) groups is 1. The van der Waals surface area contributed by atoms with Gasteiger partial charge in [-0.05, 0) is 25.3 Å².